The molecule has 1 saturated carbocycles. The first-order valence-electron chi connectivity index (χ1n) is 6.26. The molecule has 2 nitrogen and oxygen atoms in total. The summed E-state index contributed by atoms with van der Waals surface area (Å²) in [5.41, 5.74) is 1.18. The van der Waals surface area contributed by atoms with Crippen LogP contribution in [0.4, 0.5) is 0 Å². The molecule has 1 aromatic carbocycles. The summed E-state index contributed by atoms with van der Waals surface area (Å²) in [6.45, 7) is 2.10. The van der Waals surface area contributed by atoms with Crippen molar-refractivity contribution in [3.05, 3.63) is 34.3 Å². The van der Waals surface area contributed by atoms with Crippen LogP contribution in [-0.4, -0.2) is 5.91 Å². The first kappa shape index (κ1) is 12.6. The molecule has 2 rings (SSSR count). The SMILES string of the molecule is CCC(NC(=O)C1CCC1)c1ccc(Br)cc1. The van der Waals surface area contributed by atoms with E-state index >= 15 is 0 Å². The van der Waals surface area contributed by atoms with Crippen LogP contribution in [0, 0.1) is 5.92 Å². The molecule has 0 spiro atoms. The summed E-state index contributed by atoms with van der Waals surface area (Å²) < 4.78 is 1.07. The molecule has 1 fully saturated rings. The van der Waals surface area contributed by atoms with Crippen molar-refractivity contribution in [3.8, 4) is 0 Å². The number of carbonyl (C=O) groups is 1. The van der Waals surface area contributed by atoms with Crippen molar-refractivity contribution in [2.75, 3.05) is 0 Å². The first-order valence-corrected chi connectivity index (χ1v) is 7.06. The quantitative estimate of drug-likeness (QED) is 0.899. The number of halogens is 1. The molecule has 0 aliphatic heterocycles. The summed E-state index contributed by atoms with van der Waals surface area (Å²) in [6.07, 6.45) is 4.25. The Balaban J connectivity index is 2.00. The minimum Gasteiger partial charge on any atom is -0.349 e. The molecular formula is C14H18BrNO. The Morgan fingerprint density at radius 3 is 2.53 bits per heavy atom. The maximum Gasteiger partial charge on any atom is 0.223 e. The second-order valence-corrected chi connectivity index (χ2v) is 5.56. The molecule has 0 radical (unpaired) electrons. The van der Waals surface area contributed by atoms with Crippen LogP contribution < -0.4 is 5.32 Å². The number of amides is 1. The zero-order chi connectivity index (χ0) is 12.3. The van der Waals surface area contributed by atoms with Crippen molar-refractivity contribution in [3.63, 3.8) is 0 Å². The highest BCUT2D eigenvalue weighted by Crippen LogP contribution is 2.28. The zero-order valence-corrected chi connectivity index (χ0v) is 11.7. The Labute approximate surface area is 111 Å². The summed E-state index contributed by atoms with van der Waals surface area (Å²) in [5.74, 6) is 0.491. The molecule has 17 heavy (non-hydrogen) atoms. The molecule has 3 heteroatoms. The van der Waals surface area contributed by atoms with Crippen molar-refractivity contribution in [2.24, 2.45) is 5.92 Å². The summed E-state index contributed by atoms with van der Waals surface area (Å²) in [6, 6.07) is 8.33. The second-order valence-electron chi connectivity index (χ2n) is 4.65. The average molecular weight is 296 g/mol. The summed E-state index contributed by atoms with van der Waals surface area (Å²) in [5, 5.41) is 3.15. The lowest BCUT2D eigenvalue weighted by Gasteiger charge is -2.27. The molecule has 0 heterocycles. The van der Waals surface area contributed by atoms with E-state index in [1.165, 1.54) is 12.0 Å². The van der Waals surface area contributed by atoms with E-state index in [0.717, 1.165) is 23.7 Å². The van der Waals surface area contributed by atoms with E-state index in [1.807, 2.05) is 12.1 Å². The van der Waals surface area contributed by atoms with Gasteiger partial charge in [0.1, 0.15) is 0 Å². The smallest absolute Gasteiger partial charge is 0.223 e. The molecular weight excluding hydrogens is 278 g/mol. The van der Waals surface area contributed by atoms with E-state index in [0.29, 0.717) is 0 Å². The molecule has 0 saturated heterocycles. The molecule has 1 aliphatic carbocycles. The van der Waals surface area contributed by atoms with Gasteiger partial charge in [-0.3, -0.25) is 4.79 Å². The number of rotatable bonds is 4. The van der Waals surface area contributed by atoms with Gasteiger partial charge in [-0.2, -0.15) is 0 Å². The molecule has 1 unspecified atom stereocenters. The highest BCUT2D eigenvalue weighted by atomic mass is 79.9. The fourth-order valence-electron chi connectivity index (χ4n) is 2.08. The fraction of sp³-hybridized carbons (Fsp3) is 0.500. The molecule has 1 aliphatic rings. The highest BCUT2D eigenvalue weighted by Gasteiger charge is 2.26. The summed E-state index contributed by atoms with van der Waals surface area (Å²) >= 11 is 3.42. The maximum absolute atomic E-state index is 11.9. The number of hydrogen-bond donors (Lipinski definition) is 1. The lowest BCUT2D eigenvalue weighted by Crippen LogP contribution is -2.36. The molecule has 0 aromatic heterocycles. The van der Waals surface area contributed by atoms with E-state index < -0.39 is 0 Å². The Morgan fingerprint density at radius 1 is 1.41 bits per heavy atom. The monoisotopic (exact) mass is 295 g/mol. The van der Waals surface area contributed by atoms with Crippen LogP contribution in [0.5, 0.6) is 0 Å². The second kappa shape index (κ2) is 5.67. The van der Waals surface area contributed by atoms with Crippen LogP contribution >= 0.6 is 15.9 Å². The van der Waals surface area contributed by atoms with Gasteiger partial charge in [0.05, 0.1) is 6.04 Å². The van der Waals surface area contributed by atoms with Crippen molar-refractivity contribution in [1.29, 1.82) is 0 Å². The minimum atomic E-state index is 0.149. The van der Waals surface area contributed by atoms with Gasteiger partial charge in [0.2, 0.25) is 5.91 Å². The number of hydrogen-bond acceptors (Lipinski definition) is 1. The molecule has 1 atom stereocenters. The lowest BCUT2D eigenvalue weighted by atomic mass is 9.84. The summed E-state index contributed by atoms with van der Waals surface area (Å²) in [4.78, 5) is 11.9. The van der Waals surface area contributed by atoms with Gasteiger partial charge in [-0.05, 0) is 37.0 Å². The number of carbonyl (C=O) groups excluding carboxylic acids is 1. The van der Waals surface area contributed by atoms with Crippen molar-refractivity contribution < 1.29 is 4.79 Å². The van der Waals surface area contributed by atoms with Gasteiger partial charge in [-0.25, -0.2) is 0 Å². The van der Waals surface area contributed by atoms with E-state index in [2.05, 4.69) is 40.3 Å². The Kier molecular flexibility index (Phi) is 4.21. The van der Waals surface area contributed by atoms with Gasteiger partial charge >= 0.3 is 0 Å². The van der Waals surface area contributed by atoms with Gasteiger partial charge in [0.15, 0.2) is 0 Å². The highest BCUT2D eigenvalue weighted by molar-refractivity contribution is 9.10. The number of benzene rings is 1. The van der Waals surface area contributed by atoms with Gasteiger partial charge in [-0.15, -0.1) is 0 Å². The van der Waals surface area contributed by atoms with E-state index in [-0.39, 0.29) is 17.9 Å². The van der Waals surface area contributed by atoms with E-state index in [4.69, 9.17) is 0 Å². The first-order chi connectivity index (χ1) is 8.20. The maximum atomic E-state index is 11.9. The van der Waals surface area contributed by atoms with Crippen molar-refractivity contribution in [2.45, 2.75) is 38.6 Å². The van der Waals surface area contributed by atoms with Crippen LogP contribution in [0.15, 0.2) is 28.7 Å². The summed E-state index contributed by atoms with van der Waals surface area (Å²) in [7, 11) is 0. The molecule has 0 bridgehead atoms. The zero-order valence-electron chi connectivity index (χ0n) is 10.1. The van der Waals surface area contributed by atoms with Crippen LogP contribution in [0.2, 0.25) is 0 Å². The van der Waals surface area contributed by atoms with Gasteiger partial charge in [0, 0.05) is 10.4 Å². The Morgan fingerprint density at radius 2 is 2.06 bits per heavy atom. The number of nitrogens with one attached hydrogen (secondary N) is 1. The normalized spacial score (nSPS) is 17.3. The van der Waals surface area contributed by atoms with Crippen LogP contribution in [0.3, 0.4) is 0 Å². The predicted octanol–water partition coefficient (Wildman–Crippen LogP) is 3.82. The third-order valence-corrected chi connectivity index (χ3v) is 4.00. The van der Waals surface area contributed by atoms with Crippen LogP contribution in [-0.2, 0) is 4.79 Å². The predicted molar refractivity (Wildman–Crippen MR) is 72.7 cm³/mol. The minimum absolute atomic E-state index is 0.149. The third-order valence-electron chi connectivity index (χ3n) is 3.47. The van der Waals surface area contributed by atoms with E-state index in [9.17, 15) is 4.79 Å². The standard InChI is InChI=1S/C14H18BrNO/c1-2-13(10-6-8-12(15)9-7-10)16-14(17)11-4-3-5-11/h6-9,11,13H,2-5H2,1H3,(H,16,17). The Bertz CT molecular complexity index is 384. The van der Waals surface area contributed by atoms with Gasteiger partial charge in [0.25, 0.3) is 0 Å². The molecule has 92 valence electrons. The molecule has 1 N–H and O–H groups in total. The fourth-order valence-corrected chi connectivity index (χ4v) is 2.34. The van der Waals surface area contributed by atoms with Crippen LogP contribution in [0.1, 0.15) is 44.2 Å². The molecule has 1 amide bonds. The largest absolute Gasteiger partial charge is 0.349 e. The molecule has 1 aromatic rings. The van der Waals surface area contributed by atoms with E-state index in [1.54, 1.807) is 0 Å². The lowest BCUT2D eigenvalue weighted by molar-refractivity contribution is -0.128. The van der Waals surface area contributed by atoms with Crippen molar-refractivity contribution in [1.82, 2.24) is 5.32 Å². The Hall–Kier alpha value is -0.830. The van der Waals surface area contributed by atoms with Crippen molar-refractivity contribution >= 4 is 21.8 Å². The topological polar surface area (TPSA) is 29.1 Å². The average Bonchev–Trinajstić information content (AvgIpc) is 2.25. The van der Waals surface area contributed by atoms with Crippen LogP contribution in [0.25, 0.3) is 0 Å². The van der Waals surface area contributed by atoms with Gasteiger partial charge < -0.3 is 5.32 Å². The third kappa shape index (κ3) is 3.09. The van der Waals surface area contributed by atoms with Gasteiger partial charge in [-0.1, -0.05) is 41.4 Å².